The Balaban J connectivity index is 0.00000112. The Morgan fingerprint density at radius 2 is 1.80 bits per heavy atom. The summed E-state index contributed by atoms with van der Waals surface area (Å²) in [5, 5.41) is 0. The fraction of sp³-hybridized carbons (Fsp3) is 0.286. The minimum absolute atomic E-state index is 0. The summed E-state index contributed by atoms with van der Waals surface area (Å²) in [5.74, 6) is 0. The normalized spacial score (nSPS) is 14.7. The Labute approximate surface area is 103 Å². The summed E-state index contributed by atoms with van der Waals surface area (Å²) in [6.07, 6.45) is 8.72. The maximum atomic E-state index is 3.40. The minimum atomic E-state index is 0. The molecule has 1 aliphatic rings. The van der Waals surface area contributed by atoms with Crippen LogP contribution in [0.5, 0.6) is 0 Å². The molecule has 15 heavy (non-hydrogen) atoms. The summed E-state index contributed by atoms with van der Waals surface area (Å²) in [5.41, 5.74) is 2.76. The van der Waals surface area contributed by atoms with E-state index in [1.165, 1.54) is 11.1 Å². The second-order valence-corrected chi connectivity index (χ2v) is 4.19. The summed E-state index contributed by atoms with van der Waals surface area (Å²) in [6.45, 7) is 4.50. The molecule has 0 amide bonds. The summed E-state index contributed by atoms with van der Waals surface area (Å²) >= 11 is 0. The molecule has 0 saturated heterocycles. The summed E-state index contributed by atoms with van der Waals surface area (Å²) in [7, 11) is 0. The van der Waals surface area contributed by atoms with Gasteiger partial charge in [-0.05, 0) is 11.0 Å². The maximum absolute atomic E-state index is 3.40. The fourth-order valence-corrected chi connectivity index (χ4v) is 1.84. The molecule has 0 atom stereocenters. The Hall–Kier alpha value is -0.781. The molecule has 0 spiro atoms. The van der Waals surface area contributed by atoms with Gasteiger partial charge in [0, 0.05) is 17.1 Å². The zero-order valence-electron chi connectivity index (χ0n) is 9.10. The van der Waals surface area contributed by atoms with Crippen molar-refractivity contribution in [3.63, 3.8) is 0 Å². The third-order valence-electron chi connectivity index (χ3n) is 2.86. The molecule has 0 nitrogen and oxygen atoms in total. The van der Waals surface area contributed by atoms with E-state index in [0.29, 0.717) is 0 Å². The molecule has 0 N–H and O–H groups in total. The van der Waals surface area contributed by atoms with Crippen molar-refractivity contribution in [3.05, 3.63) is 59.7 Å². The van der Waals surface area contributed by atoms with E-state index in [9.17, 15) is 0 Å². The summed E-state index contributed by atoms with van der Waals surface area (Å²) in [6, 6.07) is 10.6. The van der Waals surface area contributed by atoms with Gasteiger partial charge in [0.25, 0.3) is 0 Å². The molecule has 0 unspecified atom stereocenters. The van der Waals surface area contributed by atoms with Crippen molar-refractivity contribution in [2.45, 2.75) is 25.7 Å². The van der Waals surface area contributed by atoms with Crippen molar-refractivity contribution in [2.75, 3.05) is 0 Å². The van der Waals surface area contributed by atoms with Crippen LogP contribution in [0.15, 0.2) is 48.1 Å². The number of hydrogen-bond donors (Lipinski definition) is 0. The number of benzene rings is 1. The van der Waals surface area contributed by atoms with Crippen LogP contribution in [-0.2, 0) is 22.5 Å². The van der Waals surface area contributed by atoms with Crippen LogP contribution in [0.1, 0.15) is 25.8 Å². The molecule has 1 aromatic carbocycles. The molecular weight excluding hydrogens is 224 g/mol. The van der Waals surface area contributed by atoms with E-state index in [0.717, 1.165) is 6.42 Å². The minimum Gasteiger partial charge on any atom is -0.269 e. The standard InChI is InChI=1S/C14H15.Fe/c1-14(2,13-10-6-7-11-13)12-8-4-3-5-9-12;/h3-6,8-10H,7H2,1-2H3;/q-1;. The number of hydrogen-bond acceptors (Lipinski definition) is 0. The molecule has 0 aliphatic heterocycles. The van der Waals surface area contributed by atoms with E-state index in [-0.39, 0.29) is 22.5 Å². The zero-order valence-corrected chi connectivity index (χ0v) is 10.2. The van der Waals surface area contributed by atoms with E-state index < -0.39 is 0 Å². The molecule has 0 radical (unpaired) electrons. The van der Waals surface area contributed by atoms with Crippen LogP contribution >= 0.6 is 0 Å². The Morgan fingerprint density at radius 1 is 1.13 bits per heavy atom. The molecule has 0 saturated carbocycles. The Morgan fingerprint density at radius 3 is 2.33 bits per heavy atom. The molecule has 1 aromatic rings. The second-order valence-electron chi connectivity index (χ2n) is 4.19. The fourth-order valence-electron chi connectivity index (χ4n) is 1.84. The van der Waals surface area contributed by atoms with E-state index in [1.807, 2.05) is 0 Å². The first-order valence-corrected chi connectivity index (χ1v) is 5.04. The van der Waals surface area contributed by atoms with Crippen molar-refractivity contribution in [1.29, 1.82) is 0 Å². The van der Waals surface area contributed by atoms with Crippen LogP contribution in [0.3, 0.4) is 0 Å². The predicted molar refractivity (Wildman–Crippen MR) is 60.0 cm³/mol. The quantitative estimate of drug-likeness (QED) is 0.545. The molecule has 0 aromatic heterocycles. The third kappa shape index (κ3) is 2.42. The predicted octanol–water partition coefficient (Wildman–Crippen LogP) is 3.65. The van der Waals surface area contributed by atoms with Crippen LogP contribution < -0.4 is 0 Å². The van der Waals surface area contributed by atoms with Crippen molar-refractivity contribution in [2.24, 2.45) is 0 Å². The van der Waals surface area contributed by atoms with Gasteiger partial charge in [0.15, 0.2) is 0 Å². The van der Waals surface area contributed by atoms with E-state index in [2.05, 4.69) is 62.4 Å². The summed E-state index contributed by atoms with van der Waals surface area (Å²) < 4.78 is 0. The molecule has 0 fully saturated rings. The van der Waals surface area contributed by atoms with Gasteiger partial charge in [0.1, 0.15) is 0 Å². The van der Waals surface area contributed by atoms with E-state index in [4.69, 9.17) is 0 Å². The van der Waals surface area contributed by atoms with Crippen LogP contribution in [-0.4, -0.2) is 0 Å². The SMILES string of the molecule is CC(C)(C1=[C-]CC=C1)c1ccccc1.[Fe]. The van der Waals surface area contributed by atoms with Gasteiger partial charge < -0.3 is 0 Å². The van der Waals surface area contributed by atoms with Gasteiger partial charge in [0.05, 0.1) is 0 Å². The molecule has 1 heteroatoms. The van der Waals surface area contributed by atoms with Gasteiger partial charge >= 0.3 is 0 Å². The van der Waals surface area contributed by atoms with Gasteiger partial charge in [-0.3, -0.25) is 6.08 Å². The van der Waals surface area contributed by atoms with Gasteiger partial charge in [-0.15, -0.1) is 6.42 Å². The Bertz CT molecular complexity index is 372. The van der Waals surface area contributed by atoms with Crippen molar-refractivity contribution in [1.82, 2.24) is 0 Å². The average Bonchev–Trinajstić information content (AvgIpc) is 2.72. The molecule has 1 aliphatic carbocycles. The van der Waals surface area contributed by atoms with Crippen LogP contribution in [0.25, 0.3) is 0 Å². The first-order chi connectivity index (χ1) is 6.71. The average molecular weight is 239 g/mol. The van der Waals surface area contributed by atoms with Crippen LogP contribution in [0, 0.1) is 6.08 Å². The van der Waals surface area contributed by atoms with Gasteiger partial charge in [0.2, 0.25) is 0 Å². The molecule has 0 heterocycles. The molecule has 80 valence electrons. The van der Waals surface area contributed by atoms with Gasteiger partial charge in [-0.25, -0.2) is 11.6 Å². The zero-order chi connectivity index (χ0) is 10.0. The molecular formula is C14H15Fe-. The molecule has 0 bridgehead atoms. The topological polar surface area (TPSA) is 0 Å². The van der Waals surface area contributed by atoms with Crippen molar-refractivity contribution < 1.29 is 17.1 Å². The summed E-state index contributed by atoms with van der Waals surface area (Å²) in [4.78, 5) is 0. The largest absolute Gasteiger partial charge is 0.269 e. The maximum Gasteiger partial charge on any atom is 0 e. The van der Waals surface area contributed by atoms with Crippen molar-refractivity contribution >= 4 is 0 Å². The first-order valence-electron chi connectivity index (χ1n) is 5.04. The van der Waals surface area contributed by atoms with Crippen LogP contribution in [0.2, 0.25) is 0 Å². The first kappa shape index (κ1) is 12.3. The van der Waals surface area contributed by atoms with Crippen molar-refractivity contribution in [3.8, 4) is 0 Å². The molecule has 2 rings (SSSR count). The third-order valence-corrected chi connectivity index (χ3v) is 2.86. The smallest absolute Gasteiger partial charge is 0 e. The second kappa shape index (κ2) is 4.83. The number of allylic oxidation sites excluding steroid dienone is 4. The van der Waals surface area contributed by atoms with E-state index in [1.54, 1.807) is 0 Å². The number of rotatable bonds is 2. The van der Waals surface area contributed by atoms with Gasteiger partial charge in [-0.1, -0.05) is 44.2 Å². The van der Waals surface area contributed by atoms with E-state index >= 15 is 0 Å². The van der Waals surface area contributed by atoms with Gasteiger partial charge in [-0.2, -0.15) is 6.08 Å². The van der Waals surface area contributed by atoms with Crippen LogP contribution in [0.4, 0.5) is 0 Å². The monoisotopic (exact) mass is 239 g/mol. The Kier molecular flexibility index (Phi) is 3.96.